The Kier molecular flexibility index (Phi) is 4.25. The van der Waals surface area contributed by atoms with Gasteiger partial charge in [0.15, 0.2) is 0 Å². The minimum Gasteiger partial charge on any atom is -0.384 e. The first kappa shape index (κ1) is 14.3. The Balaban J connectivity index is 2.17. The molecule has 1 aromatic heterocycles. The number of pyridine rings is 1. The molecule has 0 aliphatic heterocycles. The second-order valence-corrected chi connectivity index (χ2v) is 5.05. The Morgan fingerprint density at radius 1 is 1.25 bits per heavy atom. The molecule has 2 rings (SSSR count). The van der Waals surface area contributed by atoms with Crippen LogP contribution in [0, 0.1) is 0 Å². The van der Waals surface area contributed by atoms with Crippen molar-refractivity contribution in [3.05, 3.63) is 58.7 Å². The molecule has 1 unspecified atom stereocenters. The van der Waals surface area contributed by atoms with Crippen molar-refractivity contribution >= 4 is 23.3 Å². The van der Waals surface area contributed by atoms with E-state index in [1.165, 1.54) is 6.20 Å². The number of amides is 1. The van der Waals surface area contributed by atoms with Crippen LogP contribution in [0.3, 0.4) is 0 Å². The summed E-state index contributed by atoms with van der Waals surface area (Å²) in [7, 11) is 1.76. The zero-order chi connectivity index (χ0) is 14.7. The number of carbonyl (C=O) groups excluding carboxylic acids is 1. The van der Waals surface area contributed by atoms with Crippen LogP contribution in [0.2, 0.25) is 5.02 Å². The third-order valence-corrected chi connectivity index (χ3v) is 3.54. The molecule has 4 nitrogen and oxygen atoms in total. The first-order valence-corrected chi connectivity index (χ1v) is 6.61. The summed E-state index contributed by atoms with van der Waals surface area (Å²) in [5.74, 6) is 0.301. The van der Waals surface area contributed by atoms with E-state index < -0.39 is 0 Å². The fraction of sp³-hybridized carbons (Fsp3) is 0.200. The van der Waals surface area contributed by atoms with Crippen LogP contribution in [-0.2, 0) is 0 Å². The average Bonchev–Trinajstić information content (AvgIpc) is 2.46. The van der Waals surface area contributed by atoms with Gasteiger partial charge in [0.25, 0.3) is 5.91 Å². The Bertz CT molecular complexity index is 596. The molecule has 0 radical (unpaired) electrons. The molecule has 0 fully saturated rings. The van der Waals surface area contributed by atoms with Gasteiger partial charge in [-0.2, -0.15) is 0 Å². The summed E-state index contributed by atoms with van der Waals surface area (Å²) in [6.07, 6.45) is 1.49. The Hall–Kier alpha value is -2.07. The SMILES string of the molecule is CC(c1ccc(Cl)cc1)N(C)C(=O)c1ccc(N)nc1. The molecule has 2 N–H and O–H groups in total. The molecule has 104 valence electrons. The van der Waals surface area contributed by atoms with Crippen LogP contribution < -0.4 is 5.73 Å². The third kappa shape index (κ3) is 3.08. The second-order valence-electron chi connectivity index (χ2n) is 4.62. The summed E-state index contributed by atoms with van der Waals surface area (Å²) in [5.41, 5.74) is 7.06. The van der Waals surface area contributed by atoms with E-state index in [2.05, 4.69) is 4.98 Å². The second kappa shape index (κ2) is 5.92. The molecule has 1 heterocycles. The van der Waals surface area contributed by atoms with Gasteiger partial charge in [-0.15, -0.1) is 0 Å². The van der Waals surface area contributed by atoms with E-state index in [-0.39, 0.29) is 11.9 Å². The molecule has 0 spiro atoms. The number of halogens is 1. The number of nitrogens with zero attached hydrogens (tertiary/aromatic N) is 2. The number of hydrogen-bond acceptors (Lipinski definition) is 3. The van der Waals surface area contributed by atoms with Gasteiger partial charge in [-0.1, -0.05) is 23.7 Å². The summed E-state index contributed by atoms with van der Waals surface area (Å²) in [6.45, 7) is 1.96. The van der Waals surface area contributed by atoms with Gasteiger partial charge in [0.2, 0.25) is 0 Å². The molecule has 0 aliphatic rings. The number of anilines is 1. The lowest BCUT2D eigenvalue weighted by atomic mass is 10.1. The van der Waals surface area contributed by atoms with E-state index in [1.54, 1.807) is 24.1 Å². The molecule has 1 aromatic carbocycles. The summed E-state index contributed by atoms with van der Waals surface area (Å²) < 4.78 is 0. The van der Waals surface area contributed by atoms with Crippen molar-refractivity contribution in [3.8, 4) is 0 Å². The van der Waals surface area contributed by atoms with Crippen molar-refractivity contribution in [1.29, 1.82) is 0 Å². The molecule has 0 saturated heterocycles. The fourth-order valence-corrected chi connectivity index (χ4v) is 2.00. The Morgan fingerprint density at radius 2 is 1.90 bits per heavy atom. The van der Waals surface area contributed by atoms with Crippen molar-refractivity contribution < 1.29 is 4.79 Å². The molecule has 1 atom stereocenters. The molecular weight excluding hydrogens is 274 g/mol. The van der Waals surface area contributed by atoms with Gasteiger partial charge in [-0.25, -0.2) is 4.98 Å². The van der Waals surface area contributed by atoms with Crippen molar-refractivity contribution in [1.82, 2.24) is 9.88 Å². The predicted octanol–water partition coefficient (Wildman–Crippen LogP) is 3.15. The highest BCUT2D eigenvalue weighted by molar-refractivity contribution is 6.30. The van der Waals surface area contributed by atoms with Gasteiger partial charge < -0.3 is 10.6 Å². The lowest BCUT2D eigenvalue weighted by Crippen LogP contribution is -2.29. The molecule has 0 saturated carbocycles. The van der Waals surface area contributed by atoms with E-state index in [1.807, 2.05) is 31.2 Å². The summed E-state index contributed by atoms with van der Waals surface area (Å²) in [5, 5.41) is 0.678. The number of nitrogen functional groups attached to an aromatic ring is 1. The maximum Gasteiger partial charge on any atom is 0.255 e. The number of rotatable bonds is 3. The van der Waals surface area contributed by atoms with Crippen molar-refractivity contribution in [3.63, 3.8) is 0 Å². The lowest BCUT2D eigenvalue weighted by Gasteiger charge is -2.25. The van der Waals surface area contributed by atoms with Gasteiger partial charge in [0, 0.05) is 18.3 Å². The highest BCUT2D eigenvalue weighted by Crippen LogP contribution is 2.22. The number of carbonyl (C=O) groups is 1. The van der Waals surface area contributed by atoms with Gasteiger partial charge in [0.05, 0.1) is 11.6 Å². The third-order valence-electron chi connectivity index (χ3n) is 3.29. The summed E-state index contributed by atoms with van der Waals surface area (Å²) >= 11 is 5.87. The van der Waals surface area contributed by atoms with Crippen LogP contribution in [0.1, 0.15) is 28.9 Å². The van der Waals surface area contributed by atoms with Crippen LogP contribution in [0.15, 0.2) is 42.6 Å². The van der Waals surface area contributed by atoms with Crippen LogP contribution in [-0.4, -0.2) is 22.8 Å². The summed E-state index contributed by atoms with van der Waals surface area (Å²) in [6, 6.07) is 10.7. The zero-order valence-electron chi connectivity index (χ0n) is 11.4. The first-order chi connectivity index (χ1) is 9.49. The lowest BCUT2D eigenvalue weighted by molar-refractivity contribution is 0.0742. The molecule has 5 heteroatoms. The number of hydrogen-bond donors (Lipinski definition) is 1. The molecule has 0 bridgehead atoms. The largest absolute Gasteiger partial charge is 0.384 e. The number of benzene rings is 1. The molecule has 1 amide bonds. The average molecular weight is 290 g/mol. The normalized spacial score (nSPS) is 11.9. The zero-order valence-corrected chi connectivity index (χ0v) is 12.1. The van der Waals surface area contributed by atoms with E-state index >= 15 is 0 Å². The van der Waals surface area contributed by atoms with E-state index in [0.717, 1.165) is 5.56 Å². The van der Waals surface area contributed by atoms with Gasteiger partial charge in [0.1, 0.15) is 5.82 Å². The van der Waals surface area contributed by atoms with Crippen molar-refractivity contribution in [2.24, 2.45) is 0 Å². The maximum atomic E-state index is 12.4. The molecule has 20 heavy (non-hydrogen) atoms. The highest BCUT2D eigenvalue weighted by atomic mass is 35.5. The van der Waals surface area contributed by atoms with E-state index in [9.17, 15) is 4.79 Å². The molecule has 2 aromatic rings. The fourth-order valence-electron chi connectivity index (χ4n) is 1.88. The molecule has 0 aliphatic carbocycles. The predicted molar refractivity (Wildman–Crippen MR) is 80.6 cm³/mol. The Morgan fingerprint density at radius 3 is 2.45 bits per heavy atom. The van der Waals surface area contributed by atoms with E-state index in [4.69, 9.17) is 17.3 Å². The minimum absolute atomic E-state index is 0.0580. The first-order valence-electron chi connectivity index (χ1n) is 6.23. The Labute approximate surface area is 123 Å². The van der Waals surface area contributed by atoms with E-state index in [0.29, 0.717) is 16.4 Å². The smallest absolute Gasteiger partial charge is 0.255 e. The topological polar surface area (TPSA) is 59.2 Å². The number of aromatic nitrogens is 1. The van der Waals surface area contributed by atoms with Crippen molar-refractivity contribution in [2.45, 2.75) is 13.0 Å². The quantitative estimate of drug-likeness (QED) is 0.944. The standard InChI is InChI=1S/C15H16ClN3O/c1-10(11-3-6-13(16)7-4-11)19(2)15(20)12-5-8-14(17)18-9-12/h3-10H,1-2H3,(H2,17,18). The van der Waals surface area contributed by atoms with Gasteiger partial charge in [-0.3, -0.25) is 4.79 Å². The van der Waals surface area contributed by atoms with Crippen LogP contribution in [0.4, 0.5) is 5.82 Å². The van der Waals surface area contributed by atoms with Crippen molar-refractivity contribution in [2.75, 3.05) is 12.8 Å². The summed E-state index contributed by atoms with van der Waals surface area (Å²) in [4.78, 5) is 18.0. The van der Waals surface area contributed by atoms with Gasteiger partial charge in [-0.05, 0) is 36.8 Å². The molecular formula is C15H16ClN3O. The van der Waals surface area contributed by atoms with Crippen LogP contribution >= 0.6 is 11.6 Å². The maximum absolute atomic E-state index is 12.4. The number of nitrogens with two attached hydrogens (primary N) is 1. The van der Waals surface area contributed by atoms with Crippen LogP contribution in [0.5, 0.6) is 0 Å². The monoisotopic (exact) mass is 289 g/mol. The minimum atomic E-state index is -0.0973. The van der Waals surface area contributed by atoms with Crippen LogP contribution in [0.25, 0.3) is 0 Å². The van der Waals surface area contributed by atoms with Gasteiger partial charge >= 0.3 is 0 Å². The highest BCUT2D eigenvalue weighted by Gasteiger charge is 2.19.